The molecule has 0 unspecified atom stereocenters. The molecular weight excluding hydrogens is 382 g/mol. The minimum Gasteiger partial charge on any atom is -0.483 e. The van der Waals surface area contributed by atoms with E-state index in [-0.39, 0.29) is 24.3 Å². The number of hydrogen-bond donors (Lipinski definition) is 2. The van der Waals surface area contributed by atoms with E-state index in [2.05, 4.69) is 10.3 Å². The quantitative estimate of drug-likeness (QED) is 0.668. The third-order valence-electron chi connectivity index (χ3n) is 3.86. The fourth-order valence-electron chi connectivity index (χ4n) is 2.26. The number of nitrogens with one attached hydrogen (secondary N) is 1. The van der Waals surface area contributed by atoms with Crippen LogP contribution in [0.25, 0.3) is 0 Å². The van der Waals surface area contributed by atoms with Gasteiger partial charge in [0.1, 0.15) is 16.4 Å². The third-order valence-corrected chi connectivity index (χ3v) is 4.89. The second-order valence-corrected chi connectivity index (χ2v) is 7.30. The average Bonchev–Trinajstić information content (AvgIpc) is 3.28. The van der Waals surface area contributed by atoms with E-state index in [1.165, 1.54) is 11.3 Å². The zero-order valence-corrected chi connectivity index (χ0v) is 17.6. The predicted molar refractivity (Wildman–Crippen MR) is 108 cm³/mol. The molecule has 0 fully saturated rings. The SMILES string of the molecule is C[C@H](NC(=O)c1cccn1C)c1nc(C(=O)N(C)CCN(C)C)cs1.O=CO. The monoisotopic (exact) mass is 409 g/mol. The normalized spacial score (nSPS) is 11.4. The summed E-state index contributed by atoms with van der Waals surface area (Å²) in [5.74, 6) is -0.267. The van der Waals surface area contributed by atoms with Crippen LogP contribution in [0.3, 0.4) is 0 Å². The second kappa shape index (κ2) is 11.2. The van der Waals surface area contributed by atoms with E-state index in [0.717, 1.165) is 6.54 Å². The Morgan fingerprint density at radius 2 is 2.00 bits per heavy atom. The molecule has 2 amide bonds. The van der Waals surface area contributed by atoms with Gasteiger partial charge in [-0.2, -0.15) is 0 Å². The Balaban J connectivity index is 0.00000122. The van der Waals surface area contributed by atoms with E-state index in [4.69, 9.17) is 9.90 Å². The number of carbonyl (C=O) groups is 3. The van der Waals surface area contributed by atoms with Crippen molar-refractivity contribution in [3.8, 4) is 0 Å². The van der Waals surface area contributed by atoms with Crippen LogP contribution in [0.15, 0.2) is 23.7 Å². The second-order valence-electron chi connectivity index (χ2n) is 6.41. The van der Waals surface area contributed by atoms with Crippen molar-refractivity contribution in [1.29, 1.82) is 0 Å². The summed E-state index contributed by atoms with van der Waals surface area (Å²) in [7, 11) is 7.53. The van der Waals surface area contributed by atoms with Gasteiger partial charge >= 0.3 is 0 Å². The van der Waals surface area contributed by atoms with Gasteiger partial charge in [0.05, 0.1) is 6.04 Å². The molecule has 2 rings (SSSR count). The van der Waals surface area contributed by atoms with E-state index >= 15 is 0 Å². The Morgan fingerprint density at radius 1 is 1.36 bits per heavy atom. The van der Waals surface area contributed by atoms with Crippen LogP contribution in [0.5, 0.6) is 0 Å². The van der Waals surface area contributed by atoms with Crippen molar-refractivity contribution in [3.05, 3.63) is 40.1 Å². The van der Waals surface area contributed by atoms with Crippen LogP contribution < -0.4 is 5.32 Å². The van der Waals surface area contributed by atoms with Crippen molar-refractivity contribution < 1.29 is 19.5 Å². The molecule has 0 saturated carbocycles. The molecule has 0 aliphatic heterocycles. The van der Waals surface area contributed by atoms with E-state index in [1.54, 1.807) is 28.0 Å². The number of hydrogen-bond acceptors (Lipinski definition) is 6. The lowest BCUT2D eigenvalue weighted by Crippen LogP contribution is -2.33. The Labute approximate surface area is 168 Å². The molecule has 2 aromatic heterocycles. The summed E-state index contributed by atoms with van der Waals surface area (Å²) in [6.45, 7) is 3.05. The lowest BCUT2D eigenvalue weighted by atomic mass is 10.3. The molecule has 0 bridgehead atoms. The number of thiazole rings is 1. The number of carboxylic acid groups (broad SMARTS) is 1. The minimum absolute atomic E-state index is 0.106. The summed E-state index contributed by atoms with van der Waals surface area (Å²) in [4.78, 5) is 41.1. The molecule has 154 valence electrons. The van der Waals surface area contributed by atoms with Gasteiger partial charge in [0, 0.05) is 38.8 Å². The third kappa shape index (κ3) is 6.78. The highest BCUT2D eigenvalue weighted by Gasteiger charge is 2.20. The van der Waals surface area contributed by atoms with Crippen LogP contribution in [0, 0.1) is 0 Å². The fraction of sp³-hybridized carbons (Fsp3) is 0.444. The molecule has 28 heavy (non-hydrogen) atoms. The molecule has 2 aromatic rings. The van der Waals surface area contributed by atoms with Crippen molar-refractivity contribution in [3.63, 3.8) is 0 Å². The van der Waals surface area contributed by atoms with Gasteiger partial charge in [-0.15, -0.1) is 11.3 Å². The van der Waals surface area contributed by atoms with E-state index in [9.17, 15) is 9.59 Å². The van der Waals surface area contributed by atoms with Gasteiger partial charge in [-0.1, -0.05) is 0 Å². The summed E-state index contributed by atoms with van der Waals surface area (Å²) in [6, 6.07) is 3.32. The molecule has 0 radical (unpaired) electrons. The maximum Gasteiger partial charge on any atom is 0.290 e. The highest BCUT2D eigenvalue weighted by atomic mass is 32.1. The van der Waals surface area contributed by atoms with Gasteiger partial charge in [-0.3, -0.25) is 14.4 Å². The van der Waals surface area contributed by atoms with Crippen LogP contribution in [-0.2, 0) is 11.8 Å². The number of carbonyl (C=O) groups excluding carboxylic acids is 2. The number of amides is 2. The Morgan fingerprint density at radius 3 is 2.54 bits per heavy atom. The Kier molecular flexibility index (Phi) is 9.33. The largest absolute Gasteiger partial charge is 0.483 e. The molecule has 9 nitrogen and oxygen atoms in total. The van der Waals surface area contributed by atoms with E-state index < -0.39 is 0 Å². The van der Waals surface area contributed by atoms with Crippen molar-refractivity contribution in [1.82, 2.24) is 24.7 Å². The maximum absolute atomic E-state index is 12.4. The molecule has 2 N–H and O–H groups in total. The number of rotatable bonds is 7. The molecule has 0 aliphatic rings. The molecule has 1 atom stereocenters. The Hall–Kier alpha value is -2.72. The van der Waals surface area contributed by atoms with Gasteiger partial charge in [-0.05, 0) is 33.2 Å². The zero-order chi connectivity index (χ0) is 21.3. The predicted octanol–water partition coefficient (Wildman–Crippen LogP) is 1.31. The highest BCUT2D eigenvalue weighted by molar-refractivity contribution is 7.09. The summed E-state index contributed by atoms with van der Waals surface area (Å²) in [6.07, 6.45) is 1.82. The van der Waals surface area contributed by atoms with Crippen molar-refractivity contribution in [2.45, 2.75) is 13.0 Å². The van der Waals surface area contributed by atoms with Crippen LogP contribution >= 0.6 is 11.3 Å². The number of likely N-dealkylation sites (N-methyl/N-ethyl adjacent to an activating group) is 2. The summed E-state index contributed by atoms with van der Waals surface area (Å²) < 4.78 is 1.76. The smallest absolute Gasteiger partial charge is 0.290 e. The first-order valence-electron chi connectivity index (χ1n) is 8.56. The van der Waals surface area contributed by atoms with Crippen molar-refractivity contribution in [2.75, 3.05) is 34.2 Å². The lowest BCUT2D eigenvalue weighted by Gasteiger charge is -2.18. The van der Waals surface area contributed by atoms with Crippen LogP contribution in [0.1, 0.15) is 39.0 Å². The molecule has 0 aliphatic carbocycles. The molecule has 0 aromatic carbocycles. The maximum atomic E-state index is 12.4. The van der Waals surface area contributed by atoms with Crippen molar-refractivity contribution in [2.24, 2.45) is 7.05 Å². The number of aryl methyl sites for hydroxylation is 1. The van der Waals surface area contributed by atoms with Crippen LogP contribution in [0.4, 0.5) is 0 Å². The first kappa shape index (κ1) is 23.3. The van der Waals surface area contributed by atoms with Gasteiger partial charge in [0.15, 0.2) is 0 Å². The summed E-state index contributed by atoms with van der Waals surface area (Å²) in [5, 5.41) is 12.3. The molecule has 0 saturated heterocycles. The van der Waals surface area contributed by atoms with Gasteiger partial charge < -0.3 is 24.8 Å². The summed E-state index contributed by atoms with van der Waals surface area (Å²) in [5.41, 5.74) is 1.00. The first-order chi connectivity index (χ1) is 13.2. The Bertz CT molecular complexity index is 787. The van der Waals surface area contributed by atoms with Gasteiger partial charge in [0.25, 0.3) is 18.3 Å². The van der Waals surface area contributed by atoms with E-state index in [1.807, 2.05) is 45.2 Å². The van der Waals surface area contributed by atoms with Gasteiger partial charge in [0.2, 0.25) is 0 Å². The molecule has 2 heterocycles. The average molecular weight is 410 g/mol. The number of aromatic nitrogens is 2. The first-order valence-corrected chi connectivity index (χ1v) is 9.44. The molecule has 0 spiro atoms. The van der Waals surface area contributed by atoms with E-state index in [0.29, 0.717) is 22.9 Å². The molecule has 10 heteroatoms. The lowest BCUT2D eigenvalue weighted by molar-refractivity contribution is -0.122. The summed E-state index contributed by atoms with van der Waals surface area (Å²) >= 11 is 1.38. The van der Waals surface area contributed by atoms with Crippen molar-refractivity contribution >= 4 is 29.6 Å². The fourth-order valence-corrected chi connectivity index (χ4v) is 3.06. The molecular formula is C18H27N5O4S. The topological polar surface area (TPSA) is 108 Å². The highest BCUT2D eigenvalue weighted by Crippen LogP contribution is 2.19. The standard InChI is InChI=1S/C17H25N5O2S.CH2O2/c1-12(18-15(23)14-7-6-8-21(14)4)16-19-13(11-25-16)17(24)22(5)10-9-20(2)3;2-1-3/h6-8,11-12H,9-10H2,1-5H3,(H,18,23);1H,(H,2,3)/t12-;/m0./s1. The van der Waals surface area contributed by atoms with Crippen LogP contribution in [0.2, 0.25) is 0 Å². The minimum atomic E-state index is -0.263. The number of nitrogens with zero attached hydrogens (tertiary/aromatic N) is 4. The van der Waals surface area contributed by atoms with Crippen LogP contribution in [-0.4, -0.2) is 77.0 Å². The van der Waals surface area contributed by atoms with Gasteiger partial charge in [-0.25, -0.2) is 4.98 Å². The zero-order valence-electron chi connectivity index (χ0n) is 16.7.